The molecule has 2 aliphatic rings. The van der Waals surface area contributed by atoms with Gasteiger partial charge in [0, 0.05) is 44.5 Å². The monoisotopic (exact) mass is 344 g/mol. The van der Waals surface area contributed by atoms with Gasteiger partial charge in [-0.1, -0.05) is 13.8 Å². The number of hydrogen-bond acceptors (Lipinski definition) is 4. The standard InChI is InChI=1S/C18H24N4O3/c1-13(2)17(24)20-8-5-15-18(25)21(11-14-3-6-19-7-4-14)12-16(23)22(15)10-9-20/h3-4,6-7,13,15H,5,8-12H2,1-2H3. The van der Waals surface area contributed by atoms with E-state index in [9.17, 15) is 14.4 Å². The van der Waals surface area contributed by atoms with Crippen LogP contribution in [0.15, 0.2) is 24.5 Å². The Hall–Kier alpha value is -2.44. The third kappa shape index (κ3) is 3.65. The number of piperazine rings is 1. The molecule has 25 heavy (non-hydrogen) atoms. The zero-order chi connectivity index (χ0) is 18.0. The number of pyridine rings is 1. The molecular weight excluding hydrogens is 320 g/mol. The number of rotatable bonds is 3. The Morgan fingerprint density at radius 3 is 2.60 bits per heavy atom. The van der Waals surface area contributed by atoms with Gasteiger partial charge in [-0.05, 0) is 24.1 Å². The molecule has 1 atom stereocenters. The third-order valence-electron chi connectivity index (χ3n) is 4.83. The summed E-state index contributed by atoms with van der Waals surface area (Å²) in [6.45, 7) is 5.68. The van der Waals surface area contributed by atoms with Crippen LogP contribution in [-0.2, 0) is 20.9 Å². The predicted octanol–water partition coefficient (Wildman–Crippen LogP) is 0.509. The first-order chi connectivity index (χ1) is 12.0. The van der Waals surface area contributed by atoms with Crippen LogP contribution in [0.3, 0.4) is 0 Å². The summed E-state index contributed by atoms with van der Waals surface area (Å²) in [7, 11) is 0. The quantitative estimate of drug-likeness (QED) is 0.801. The highest BCUT2D eigenvalue weighted by Crippen LogP contribution is 2.21. The maximum absolute atomic E-state index is 12.9. The molecule has 0 radical (unpaired) electrons. The first-order valence-corrected chi connectivity index (χ1v) is 8.73. The second-order valence-corrected chi connectivity index (χ2v) is 6.92. The number of nitrogens with zero attached hydrogens (tertiary/aromatic N) is 4. The summed E-state index contributed by atoms with van der Waals surface area (Å²) in [5.41, 5.74) is 0.954. The summed E-state index contributed by atoms with van der Waals surface area (Å²) in [6.07, 6.45) is 3.85. The summed E-state index contributed by atoms with van der Waals surface area (Å²) in [4.78, 5) is 46.7. The van der Waals surface area contributed by atoms with Gasteiger partial charge in [-0.3, -0.25) is 19.4 Å². The summed E-state index contributed by atoms with van der Waals surface area (Å²) >= 11 is 0. The average molecular weight is 344 g/mol. The average Bonchev–Trinajstić information content (AvgIpc) is 2.83. The lowest BCUT2D eigenvalue weighted by atomic mass is 10.1. The van der Waals surface area contributed by atoms with Gasteiger partial charge in [-0.25, -0.2) is 0 Å². The lowest BCUT2D eigenvalue weighted by Gasteiger charge is -2.39. The molecule has 0 bridgehead atoms. The van der Waals surface area contributed by atoms with Crippen LogP contribution in [0.25, 0.3) is 0 Å². The van der Waals surface area contributed by atoms with Crippen molar-refractivity contribution in [3.8, 4) is 0 Å². The third-order valence-corrected chi connectivity index (χ3v) is 4.83. The Bertz CT molecular complexity index is 662. The molecule has 7 nitrogen and oxygen atoms in total. The van der Waals surface area contributed by atoms with E-state index in [0.29, 0.717) is 32.6 Å². The van der Waals surface area contributed by atoms with Crippen LogP contribution >= 0.6 is 0 Å². The summed E-state index contributed by atoms with van der Waals surface area (Å²) in [6, 6.07) is 3.23. The number of carbonyl (C=O) groups is 3. The van der Waals surface area contributed by atoms with Gasteiger partial charge < -0.3 is 14.7 Å². The Morgan fingerprint density at radius 2 is 1.92 bits per heavy atom. The van der Waals surface area contributed by atoms with Crippen LogP contribution < -0.4 is 0 Å². The second kappa shape index (κ2) is 7.21. The minimum absolute atomic E-state index is 0.0322. The van der Waals surface area contributed by atoms with E-state index < -0.39 is 6.04 Å². The largest absolute Gasteiger partial charge is 0.341 e. The second-order valence-electron chi connectivity index (χ2n) is 6.92. The van der Waals surface area contributed by atoms with Crippen molar-refractivity contribution in [1.29, 1.82) is 0 Å². The highest BCUT2D eigenvalue weighted by Gasteiger charge is 2.41. The smallest absolute Gasteiger partial charge is 0.246 e. The van der Waals surface area contributed by atoms with Crippen molar-refractivity contribution in [2.75, 3.05) is 26.2 Å². The first kappa shape index (κ1) is 17.4. The molecular formula is C18H24N4O3. The van der Waals surface area contributed by atoms with E-state index in [4.69, 9.17) is 0 Å². The maximum Gasteiger partial charge on any atom is 0.246 e. The molecule has 2 saturated heterocycles. The number of fused-ring (bicyclic) bond motifs is 1. The Kier molecular flexibility index (Phi) is 5.01. The molecule has 0 saturated carbocycles. The predicted molar refractivity (Wildman–Crippen MR) is 91.2 cm³/mol. The molecule has 0 aromatic carbocycles. The van der Waals surface area contributed by atoms with E-state index >= 15 is 0 Å². The van der Waals surface area contributed by atoms with Crippen LogP contribution in [0.4, 0.5) is 0 Å². The van der Waals surface area contributed by atoms with Gasteiger partial charge in [0.2, 0.25) is 17.7 Å². The van der Waals surface area contributed by atoms with Gasteiger partial charge in [0.25, 0.3) is 0 Å². The molecule has 1 unspecified atom stereocenters. The van der Waals surface area contributed by atoms with Crippen LogP contribution in [-0.4, -0.2) is 69.6 Å². The highest BCUT2D eigenvalue weighted by atomic mass is 16.2. The number of amides is 3. The van der Waals surface area contributed by atoms with Gasteiger partial charge in [0.15, 0.2) is 0 Å². The van der Waals surface area contributed by atoms with Crippen LogP contribution in [0.5, 0.6) is 0 Å². The SMILES string of the molecule is CC(C)C(=O)N1CCC2C(=O)N(Cc3ccncc3)CC(=O)N2CC1. The van der Waals surface area contributed by atoms with Crippen molar-refractivity contribution in [1.82, 2.24) is 19.7 Å². The normalized spacial score (nSPS) is 21.4. The molecule has 2 aliphatic heterocycles. The molecule has 3 heterocycles. The zero-order valence-corrected chi connectivity index (χ0v) is 14.7. The van der Waals surface area contributed by atoms with Crippen LogP contribution in [0.2, 0.25) is 0 Å². The van der Waals surface area contributed by atoms with Crippen molar-refractivity contribution in [3.05, 3.63) is 30.1 Å². The van der Waals surface area contributed by atoms with Crippen molar-refractivity contribution < 1.29 is 14.4 Å². The summed E-state index contributed by atoms with van der Waals surface area (Å²) in [5, 5.41) is 0. The Labute approximate surface area is 147 Å². The Balaban J connectivity index is 1.72. The molecule has 1 aromatic rings. The molecule has 0 spiro atoms. The van der Waals surface area contributed by atoms with Gasteiger partial charge in [0.1, 0.15) is 12.6 Å². The molecule has 3 amide bonds. The maximum atomic E-state index is 12.9. The molecule has 3 rings (SSSR count). The van der Waals surface area contributed by atoms with Crippen molar-refractivity contribution in [2.24, 2.45) is 5.92 Å². The number of aromatic nitrogens is 1. The van der Waals surface area contributed by atoms with Crippen LogP contribution in [0, 0.1) is 5.92 Å². The van der Waals surface area contributed by atoms with Crippen molar-refractivity contribution in [2.45, 2.75) is 32.9 Å². The van der Waals surface area contributed by atoms with Gasteiger partial charge in [-0.2, -0.15) is 0 Å². The van der Waals surface area contributed by atoms with Crippen LogP contribution in [0.1, 0.15) is 25.8 Å². The van der Waals surface area contributed by atoms with E-state index in [0.717, 1.165) is 5.56 Å². The summed E-state index contributed by atoms with van der Waals surface area (Å²) in [5.74, 6) is -0.0779. The molecule has 134 valence electrons. The fourth-order valence-electron chi connectivity index (χ4n) is 3.46. The van der Waals surface area contributed by atoms with Gasteiger partial charge in [-0.15, -0.1) is 0 Å². The van der Waals surface area contributed by atoms with E-state index in [1.54, 1.807) is 27.1 Å². The molecule has 0 aliphatic carbocycles. The van der Waals surface area contributed by atoms with Crippen molar-refractivity contribution >= 4 is 17.7 Å². The minimum atomic E-state index is -0.465. The summed E-state index contributed by atoms with van der Waals surface area (Å²) < 4.78 is 0. The minimum Gasteiger partial charge on any atom is -0.341 e. The molecule has 0 N–H and O–H groups in total. The topological polar surface area (TPSA) is 73.8 Å². The van der Waals surface area contributed by atoms with E-state index in [1.165, 1.54) is 0 Å². The van der Waals surface area contributed by atoms with Gasteiger partial charge in [0.05, 0.1) is 0 Å². The Morgan fingerprint density at radius 1 is 1.20 bits per heavy atom. The van der Waals surface area contributed by atoms with Gasteiger partial charge >= 0.3 is 0 Å². The zero-order valence-electron chi connectivity index (χ0n) is 14.7. The first-order valence-electron chi connectivity index (χ1n) is 8.73. The fourth-order valence-corrected chi connectivity index (χ4v) is 3.46. The molecule has 1 aromatic heterocycles. The molecule has 7 heteroatoms. The van der Waals surface area contributed by atoms with E-state index in [-0.39, 0.29) is 30.2 Å². The lowest BCUT2D eigenvalue weighted by Crippen LogP contribution is -2.59. The fraction of sp³-hybridized carbons (Fsp3) is 0.556. The highest BCUT2D eigenvalue weighted by molar-refractivity contribution is 5.95. The van der Waals surface area contributed by atoms with E-state index in [1.807, 2.05) is 26.0 Å². The van der Waals surface area contributed by atoms with E-state index in [2.05, 4.69) is 4.98 Å². The number of carbonyl (C=O) groups excluding carboxylic acids is 3. The lowest BCUT2D eigenvalue weighted by molar-refractivity contribution is -0.156. The van der Waals surface area contributed by atoms with Crippen molar-refractivity contribution in [3.63, 3.8) is 0 Å². The molecule has 2 fully saturated rings. The number of hydrogen-bond donors (Lipinski definition) is 0.